The van der Waals surface area contributed by atoms with E-state index in [1.54, 1.807) is 0 Å². The summed E-state index contributed by atoms with van der Waals surface area (Å²) in [7, 11) is 0. The molecule has 2 N–H and O–H groups in total. The number of carbonyl (C=O) groups is 1. The lowest BCUT2D eigenvalue weighted by Crippen LogP contribution is -2.51. The molecule has 0 saturated carbocycles. The summed E-state index contributed by atoms with van der Waals surface area (Å²) in [6.45, 7) is 5.16. The van der Waals surface area contributed by atoms with Crippen molar-refractivity contribution in [3.05, 3.63) is 48.2 Å². The molecule has 0 aliphatic carbocycles. The van der Waals surface area contributed by atoms with Crippen molar-refractivity contribution in [2.75, 3.05) is 13.1 Å². The highest BCUT2D eigenvalue weighted by atomic mass is 16.3. The molecular weight excluding hydrogens is 288 g/mol. The zero-order valence-corrected chi connectivity index (χ0v) is 13.7. The summed E-state index contributed by atoms with van der Waals surface area (Å²) in [4.78, 5) is 17.8. The molecule has 2 heterocycles. The van der Waals surface area contributed by atoms with E-state index in [1.807, 2.05) is 54.3 Å². The average Bonchev–Trinajstić information content (AvgIpc) is 3.05. The van der Waals surface area contributed by atoms with Gasteiger partial charge in [0, 0.05) is 24.7 Å². The SMILES string of the molecule is CC[C@@H]1CN(C(=O)c2ccc(-c3ccccc3)[nH]2)CC[C@]1(C)O. The monoisotopic (exact) mass is 312 g/mol. The van der Waals surface area contributed by atoms with Crippen molar-refractivity contribution in [2.24, 2.45) is 5.92 Å². The molecule has 122 valence electrons. The van der Waals surface area contributed by atoms with E-state index in [0.29, 0.717) is 25.2 Å². The first-order chi connectivity index (χ1) is 11.0. The summed E-state index contributed by atoms with van der Waals surface area (Å²) in [6, 6.07) is 13.8. The van der Waals surface area contributed by atoms with Gasteiger partial charge in [-0.05, 0) is 37.5 Å². The fourth-order valence-electron chi connectivity index (χ4n) is 3.35. The maximum Gasteiger partial charge on any atom is 0.270 e. The van der Waals surface area contributed by atoms with Crippen LogP contribution < -0.4 is 0 Å². The molecular formula is C19H24N2O2. The highest BCUT2D eigenvalue weighted by Crippen LogP contribution is 2.30. The Labute approximate surface area is 137 Å². The predicted octanol–water partition coefficient (Wildman–Crippen LogP) is 3.30. The Morgan fingerprint density at radius 3 is 2.74 bits per heavy atom. The first kappa shape index (κ1) is 15.8. The van der Waals surface area contributed by atoms with Gasteiger partial charge in [-0.2, -0.15) is 0 Å². The van der Waals surface area contributed by atoms with Gasteiger partial charge < -0.3 is 15.0 Å². The molecule has 0 spiro atoms. The van der Waals surface area contributed by atoms with Gasteiger partial charge in [-0.25, -0.2) is 0 Å². The van der Waals surface area contributed by atoms with Gasteiger partial charge in [-0.1, -0.05) is 37.3 Å². The summed E-state index contributed by atoms with van der Waals surface area (Å²) in [5, 5.41) is 10.4. The number of H-pyrrole nitrogens is 1. The van der Waals surface area contributed by atoms with E-state index in [-0.39, 0.29) is 11.8 Å². The number of nitrogens with one attached hydrogen (secondary N) is 1. The van der Waals surface area contributed by atoms with Crippen LogP contribution in [0.3, 0.4) is 0 Å². The van der Waals surface area contributed by atoms with E-state index in [0.717, 1.165) is 17.7 Å². The highest BCUT2D eigenvalue weighted by molar-refractivity contribution is 5.93. The van der Waals surface area contributed by atoms with E-state index in [4.69, 9.17) is 0 Å². The standard InChI is InChI=1S/C19H24N2O2/c1-3-15-13-21(12-11-19(15,2)23)18(22)17-10-9-16(20-17)14-7-5-4-6-8-14/h4-10,15,20,23H,3,11-13H2,1-2H3/t15-,19+/m1/s1. The van der Waals surface area contributed by atoms with Crippen molar-refractivity contribution in [3.8, 4) is 11.3 Å². The van der Waals surface area contributed by atoms with E-state index < -0.39 is 5.60 Å². The first-order valence-electron chi connectivity index (χ1n) is 8.27. The number of aromatic amines is 1. The van der Waals surface area contributed by atoms with Crippen LogP contribution in [-0.4, -0.2) is 39.6 Å². The van der Waals surface area contributed by atoms with Crippen LogP contribution in [-0.2, 0) is 0 Å². The predicted molar refractivity (Wildman–Crippen MR) is 91.2 cm³/mol. The number of hydrogen-bond donors (Lipinski definition) is 2. The Balaban J connectivity index is 1.75. The van der Waals surface area contributed by atoms with Gasteiger partial charge in [0.1, 0.15) is 5.69 Å². The average molecular weight is 312 g/mol. The minimum atomic E-state index is -0.670. The highest BCUT2D eigenvalue weighted by Gasteiger charge is 2.38. The Kier molecular flexibility index (Phi) is 4.26. The molecule has 1 aromatic heterocycles. The van der Waals surface area contributed by atoms with Crippen LogP contribution >= 0.6 is 0 Å². The van der Waals surface area contributed by atoms with Crippen molar-refractivity contribution < 1.29 is 9.90 Å². The second-order valence-corrected chi connectivity index (χ2v) is 6.62. The van der Waals surface area contributed by atoms with Crippen LogP contribution in [0, 0.1) is 5.92 Å². The normalized spacial score (nSPS) is 24.7. The number of carbonyl (C=O) groups excluding carboxylic acids is 1. The maximum absolute atomic E-state index is 12.7. The van der Waals surface area contributed by atoms with Gasteiger partial charge >= 0.3 is 0 Å². The molecule has 1 amide bonds. The lowest BCUT2D eigenvalue weighted by Gasteiger charge is -2.42. The van der Waals surface area contributed by atoms with E-state index in [9.17, 15) is 9.90 Å². The van der Waals surface area contributed by atoms with Crippen LogP contribution in [0.1, 0.15) is 37.2 Å². The third-order valence-electron chi connectivity index (χ3n) is 4.99. The number of aliphatic hydroxyl groups is 1. The van der Waals surface area contributed by atoms with Gasteiger partial charge in [0.05, 0.1) is 5.60 Å². The lowest BCUT2D eigenvalue weighted by molar-refractivity contribution is -0.0522. The summed E-state index contributed by atoms with van der Waals surface area (Å²) < 4.78 is 0. The number of likely N-dealkylation sites (tertiary alicyclic amines) is 1. The van der Waals surface area contributed by atoms with E-state index in [1.165, 1.54) is 0 Å². The molecule has 0 bridgehead atoms. The number of rotatable bonds is 3. The topological polar surface area (TPSA) is 56.3 Å². The molecule has 1 fully saturated rings. The van der Waals surface area contributed by atoms with Gasteiger partial charge in [-0.15, -0.1) is 0 Å². The molecule has 1 aliphatic heterocycles. The van der Waals surface area contributed by atoms with E-state index in [2.05, 4.69) is 11.9 Å². The molecule has 23 heavy (non-hydrogen) atoms. The summed E-state index contributed by atoms with van der Waals surface area (Å²) >= 11 is 0. The summed E-state index contributed by atoms with van der Waals surface area (Å²) in [5.41, 5.74) is 1.96. The molecule has 4 heteroatoms. The molecule has 1 saturated heterocycles. The third kappa shape index (κ3) is 3.17. The smallest absolute Gasteiger partial charge is 0.270 e. The number of amides is 1. The first-order valence-corrected chi connectivity index (χ1v) is 8.27. The molecule has 1 aromatic carbocycles. The molecule has 3 rings (SSSR count). The zero-order valence-electron chi connectivity index (χ0n) is 13.7. The van der Waals surface area contributed by atoms with Crippen LogP contribution in [0.25, 0.3) is 11.3 Å². The van der Waals surface area contributed by atoms with Crippen LogP contribution in [0.4, 0.5) is 0 Å². The quantitative estimate of drug-likeness (QED) is 0.913. The number of aromatic nitrogens is 1. The summed E-state index contributed by atoms with van der Waals surface area (Å²) in [5.74, 6) is 0.143. The minimum absolute atomic E-state index is 0.0149. The van der Waals surface area contributed by atoms with E-state index >= 15 is 0 Å². The van der Waals surface area contributed by atoms with Gasteiger partial charge in [0.25, 0.3) is 5.91 Å². The Morgan fingerprint density at radius 1 is 1.30 bits per heavy atom. The Bertz CT molecular complexity index is 676. The largest absolute Gasteiger partial charge is 0.390 e. The fourth-order valence-corrected chi connectivity index (χ4v) is 3.35. The van der Waals surface area contributed by atoms with Crippen LogP contribution in [0.5, 0.6) is 0 Å². The number of hydrogen-bond acceptors (Lipinski definition) is 2. The maximum atomic E-state index is 12.7. The number of nitrogens with zero attached hydrogens (tertiary/aromatic N) is 1. The van der Waals surface area contributed by atoms with Gasteiger partial charge in [0.2, 0.25) is 0 Å². The number of piperidine rings is 1. The van der Waals surface area contributed by atoms with Crippen LogP contribution in [0.2, 0.25) is 0 Å². The number of benzene rings is 1. The lowest BCUT2D eigenvalue weighted by atomic mass is 9.81. The van der Waals surface area contributed by atoms with Crippen LogP contribution in [0.15, 0.2) is 42.5 Å². The third-order valence-corrected chi connectivity index (χ3v) is 4.99. The molecule has 1 aliphatic rings. The second-order valence-electron chi connectivity index (χ2n) is 6.62. The molecule has 0 unspecified atom stereocenters. The molecule has 0 radical (unpaired) electrons. The molecule has 4 nitrogen and oxygen atoms in total. The van der Waals surface area contributed by atoms with Gasteiger partial charge in [0.15, 0.2) is 0 Å². The molecule has 2 atom stereocenters. The Morgan fingerprint density at radius 2 is 2.04 bits per heavy atom. The Hall–Kier alpha value is -2.07. The fraction of sp³-hybridized carbons (Fsp3) is 0.421. The summed E-state index contributed by atoms with van der Waals surface area (Å²) in [6.07, 6.45) is 1.50. The van der Waals surface area contributed by atoms with Crippen molar-refractivity contribution >= 4 is 5.91 Å². The zero-order chi connectivity index (χ0) is 16.4. The minimum Gasteiger partial charge on any atom is -0.390 e. The second kappa shape index (κ2) is 6.20. The van der Waals surface area contributed by atoms with Crippen molar-refractivity contribution in [1.82, 2.24) is 9.88 Å². The van der Waals surface area contributed by atoms with Gasteiger partial charge in [-0.3, -0.25) is 4.79 Å². The van der Waals surface area contributed by atoms with Crippen molar-refractivity contribution in [1.29, 1.82) is 0 Å². The molecule has 2 aromatic rings. The van der Waals surface area contributed by atoms with Crippen molar-refractivity contribution in [3.63, 3.8) is 0 Å². The van der Waals surface area contributed by atoms with Crippen molar-refractivity contribution in [2.45, 2.75) is 32.3 Å².